The number of likely N-dealkylation sites (tertiary alicyclic amines) is 1. The van der Waals surface area contributed by atoms with E-state index in [1.807, 2.05) is 31.2 Å². The first-order chi connectivity index (χ1) is 12.2. The molecule has 1 aliphatic heterocycles. The van der Waals surface area contributed by atoms with Gasteiger partial charge in [0.2, 0.25) is 5.89 Å². The summed E-state index contributed by atoms with van der Waals surface area (Å²) in [7, 11) is 0. The van der Waals surface area contributed by atoms with E-state index in [2.05, 4.69) is 15.0 Å². The Hall–Kier alpha value is -1.92. The van der Waals surface area contributed by atoms with E-state index in [4.69, 9.17) is 9.26 Å². The van der Waals surface area contributed by atoms with Crippen LogP contribution in [0.15, 0.2) is 28.8 Å². The number of rotatable bonds is 7. The molecule has 2 fully saturated rings. The lowest BCUT2D eigenvalue weighted by molar-refractivity contribution is 0.0621. The molecule has 1 saturated heterocycles. The lowest BCUT2D eigenvalue weighted by Crippen LogP contribution is -2.35. The van der Waals surface area contributed by atoms with Crippen LogP contribution in [-0.4, -0.2) is 45.9 Å². The van der Waals surface area contributed by atoms with Crippen molar-refractivity contribution in [3.05, 3.63) is 41.5 Å². The van der Waals surface area contributed by atoms with Gasteiger partial charge in [-0.05, 0) is 50.8 Å². The largest absolute Gasteiger partial charge is 0.491 e. The van der Waals surface area contributed by atoms with Gasteiger partial charge in [-0.25, -0.2) is 0 Å². The quantitative estimate of drug-likeness (QED) is 0.833. The standard InChI is InChI=1S/C19H25N3O3/c1-13-5-2-3-7-17(13)24-12-15(23)11-22-10-4-6-16(22)18-20-19(25-21-18)14-8-9-14/h2-3,5,7,14-16,23H,4,6,8-12H2,1H3/t15-,16-/m1/s1. The van der Waals surface area contributed by atoms with Crippen molar-refractivity contribution in [2.45, 2.75) is 50.7 Å². The van der Waals surface area contributed by atoms with Crippen LogP contribution in [0.4, 0.5) is 0 Å². The van der Waals surface area contributed by atoms with Gasteiger partial charge in [0.15, 0.2) is 5.82 Å². The summed E-state index contributed by atoms with van der Waals surface area (Å²) in [6, 6.07) is 8.00. The van der Waals surface area contributed by atoms with Gasteiger partial charge in [0.1, 0.15) is 18.5 Å². The molecule has 0 spiro atoms. The molecule has 0 radical (unpaired) electrons. The molecule has 6 nitrogen and oxygen atoms in total. The predicted molar refractivity (Wildman–Crippen MR) is 92.5 cm³/mol. The number of aryl methyl sites for hydroxylation is 1. The van der Waals surface area contributed by atoms with Crippen LogP contribution in [0.5, 0.6) is 5.75 Å². The summed E-state index contributed by atoms with van der Waals surface area (Å²) >= 11 is 0. The van der Waals surface area contributed by atoms with Gasteiger partial charge in [-0.3, -0.25) is 4.90 Å². The van der Waals surface area contributed by atoms with Crippen molar-refractivity contribution in [3.8, 4) is 5.75 Å². The monoisotopic (exact) mass is 343 g/mol. The van der Waals surface area contributed by atoms with E-state index in [1.165, 1.54) is 0 Å². The Bertz CT molecular complexity index is 713. The van der Waals surface area contributed by atoms with Crippen molar-refractivity contribution in [3.63, 3.8) is 0 Å². The molecule has 1 aromatic heterocycles. The molecule has 2 atom stereocenters. The van der Waals surface area contributed by atoms with Crippen molar-refractivity contribution >= 4 is 0 Å². The Morgan fingerprint density at radius 1 is 1.32 bits per heavy atom. The minimum absolute atomic E-state index is 0.143. The number of nitrogens with zero attached hydrogens (tertiary/aromatic N) is 3. The molecule has 1 N–H and O–H groups in total. The molecule has 4 rings (SSSR count). The van der Waals surface area contributed by atoms with E-state index in [0.717, 1.165) is 55.3 Å². The third-order valence-corrected chi connectivity index (χ3v) is 5.02. The molecule has 2 heterocycles. The Morgan fingerprint density at radius 2 is 2.16 bits per heavy atom. The van der Waals surface area contributed by atoms with E-state index < -0.39 is 6.10 Å². The first-order valence-electron chi connectivity index (χ1n) is 9.15. The summed E-state index contributed by atoms with van der Waals surface area (Å²) in [5.74, 6) is 2.85. The summed E-state index contributed by atoms with van der Waals surface area (Å²) < 4.78 is 11.2. The molecule has 134 valence electrons. The second kappa shape index (κ2) is 7.14. The molecule has 0 bridgehead atoms. The number of hydrogen-bond donors (Lipinski definition) is 1. The lowest BCUT2D eigenvalue weighted by Gasteiger charge is -2.24. The topological polar surface area (TPSA) is 71.6 Å². The molecular formula is C19H25N3O3. The van der Waals surface area contributed by atoms with Crippen molar-refractivity contribution in [2.24, 2.45) is 0 Å². The average molecular weight is 343 g/mol. The Labute approximate surface area is 147 Å². The maximum absolute atomic E-state index is 10.4. The normalized spacial score (nSPS) is 22.2. The fourth-order valence-electron chi connectivity index (χ4n) is 3.44. The number of benzene rings is 1. The van der Waals surface area contributed by atoms with E-state index in [1.54, 1.807) is 0 Å². The number of hydrogen-bond acceptors (Lipinski definition) is 6. The van der Waals surface area contributed by atoms with Crippen LogP contribution in [0.1, 0.15) is 54.9 Å². The zero-order valence-electron chi connectivity index (χ0n) is 14.6. The van der Waals surface area contributed by atoms with Gasteiger partial charge in [-0.2, -0.15) is 4.98 Å². The SMILES string of the molecule is Cc1ccccc1OC[C@H](O)CN1CCC[C@@H]1c1noc(C2CC2)n1. The summed E-state index contributed by atoms with van der Waals surface area (Å²) in [5, 5.41) is 14.6. The lowest BCUT2D eigenvalue weighted by atomic mass is 10.2. The number of ether oxygens (including phenoxy) is 1. The minimum Gasteiger partial charge on any atom is -0.491 e. The van der Waals surface area contributed by atoms with Gasteiger partial charge >= 0.3 is 0 Å². The third-order valence-electron chi connectivity index (χ3n) is 5.02. The second-order valence-corrected chi connectivity index (χ2v) is 7.15. The second-order valence-electron chi connectivity index (χ2n) is 7.15. The summed E-state index contributed by atoms with van der Waals surface area (Å²) in [6.45, 7) is 3.79. The molecule has 1 saturated carbocycles. The minimum atomic E-state index is -0.546. The smallest absolute Gasteiger partial charge is 0.229 e. The highest BCUT2D eigenvalue weighted by molar-refractivity contribution is 5.31. The first kappa shape index (κ1) is 16.5. The Kier molecular flexibility index (Phi) is 4.72. The van der Waals surface area contributed by atoms with Crippen LogP contribution in [0.2, 0.25) is 0 Å². The zero-order valence-corrected chi connectivity index (χ0v) is 14.6. The maximum atomic E-state index is 10.4. The predicted octanol–water partition coefficient (Wildman–Crippen LogP) is 2.83. The number of aromatic nitrogens is 2. The Morgan fingerprint density at radius 3 is 2.96 bits per heavy atom. The number of aliphatic hydroxyl groups is 1. The molecule has 2 aromatic rings. The molecule has 25 heavy (non-hydrogen) atoms. The van der Waals surface area contributed by atoms with Crippen molar-refractivity contribution in [1.29, 1.82) is 0 Å². The van der Waals surface area contributed by atoms with Crippen molar-refractivity contribution in [1.82, 2.24) is 15.0 Å². The van der Waals surface area contributed by atoms with Crippen LogP contribution in [0.3, 0.4) is 0 Å². The molecule has 1 aromatic carbocycles. The van der Waals surface area contributed by atoms with Gasteiger partial charge in [0.05, 0.1) is 6.04 Å². The molecular weight excluding hydrogens is 318 g/mol. The fraction of sp³-hybridized carbons (Fsp3) is 0.579. The highest BCUT2D eigenvalue weighted by atomic mass is 16.5. The first-order valence-corrected chi connectivity index (χ1v) is 9.15. The highest BCUT2D eigenvalue weighted by Crippen LogP contribution is 2.40. The van der Waals surface area contributed by atoms with Gasteiger partial charge < -0.3 is 14.4 Å². The van der Waals surface area contributed by atoms with Crippen LogP contribution < -0.4 is 4.74 Å². The van der Waals surface area contributed by atoms with E-state index in [0.29, 0.717) is 12.5 Å². The van der Waals surface area contributed by atoms with Gasteiger partial charge in [0.25, 0.3) is 0 Å². The van der Waals surface area contributed by atoms with E-state index >= 15 is 0 Å². The number of aliphatic hydroxyl groups excluding tert-OH is 1. The zero-order chi connectivity index (χ0) is 17.2. The molecule has 0 unspecified atom stereocenters. The van der Waals surface area contributed by atoms with Crippen LogP contribution in [0.25, 0.3) is 0 Å². The summed E-state index contributed by atoms with van der Waals surface area (Å²) in [5.41, 5.74) is 1.08. The molecule has 2 aliphatic rings. The Balaban J connectivity index is 1.33. The van der Waals surface area contributed by atoms with E-state index in [-0.39, 0.29) is 12.6 Å². The molecule has 1 aliphatic carbocycles. The van der Waals surface area contributed by atoms with Gasteiger partial charge in [-0.1, -0.05) is 23.4 Å². The van der Waals surface area contributed by atoms with Gasteiger partial charge in [-0.15, -0.1) is 0 Å². The summed E-state index contributed by atoms with van der Waals surface area (Å²) in [4.78, 5) is 6.83. The number of β-amino-alcohol motifs (C(OH)–C–C–N with tert-alkyl or cyclic N) is 1. The van der Waals surface area contributed by atoms with E-state index in [9.17, 15) is 5.11 Å². The number of para-hydroxylation sites is 1. The van der Waals surface area contributed by atoms with Gasteiger partial charge in [0, 0.05) is 12.5 Å². The fourth-order valence-corrected chi connectivity index (χ4v) is 3.44. The highest BCUT2D eigenvalue weighted by Gasteiger charge is 2.34. The van der Waals surface area contributed by atoms with Crippen LogP contribution in [-0.2, 0) is 0 Å². The van der Waals surface area contributed by atoms with Crippen LogP contribution in [0, 0.1) is 6.92 Å². The molecule has 6 heteroatoms. The van der Waals surface area contributed by atoms with Crippen LogP contribution >= 0.6 is 0 Å². The van der Waals surface area contributed by atoms with Crippen molar-refractivity contribution in [2.75, 3.05) is 19.7 Å². The average Bonchev–Trinajstić information content (AvgIpc) is 3.16. The maximum Gasteiger partial charge on any atom is 0.229 e. The van der Waals surface area contributed by atoms with Crippen molar-refractivity contribution < 1.29 is 14.4 Å². The summed E-state index contributed by atoms with van der Waals surface area (Å²) in [6.07, 6.45) is 3.86. The molecule has 0 amide bonds. The third kappa shape index (κ3) is 3.85.